The molecule has 0 unspecified atom stereocenters. The maximum absolute atomic E-state index is 12.1. The van der Waals surface area contributed by atoms with Gasteiger partial charge in [0.2, 0.25) is 5.91 Å². The first kappa shape index (κ1) is 25.6. The maximum Gasteiger partial charge on any atom is 0.326 e. The predicted octanol–water partition coefficient (Wildman–Crippen LogP) is 1.92. The summed E-state index contributed by atoms with van der Waals surface area (Å²) in [6.07, 6.45) is 5.47. The van der Waals surface area contributed by atoms with E-state index in [-0.39, 0.29) is 17.6 Å². The average Bonchev–Trinajstić information content (AvgIpc) is 2.73. The lowest BCUT2D eigenvalue weighted by Gasteiger charge is -2.27. The first-order valence-electron chi connectivity index (χ1n) is 10.6. The second-order valence-electron chi connectivity index (χ2n) is 7.82. The first-order chi connectivity index (χ1) is 14.3. The van der Waals surface area contributed by atoms with E-state index in [1.54, 1.807) is 24.3 Å². The van der Waals surface area contributed by atoms with E-state index in [0.29, 0.717) is 43.1 Å². The summed E-state index contributed by atoms with van der Waals surface area (Å²) in [4.78, 5) is 34.0. The normalized spacial score (nSPS) is 19.2. The highest BCUT2D eigenvalue weighted by molar-refractivity contribution is 5.94. The molecule has 1 amide bonds. The number of nitrogen functional groups attached to an aromatic ring is 1. The Hall–Kier alpha value is -2.45. The van der Waals surface area contributed by atoms with E-state index in [9.17, 15) is 14.4 Å². The molecule has 1 aliphatic carbocycles. The number of nitrogens with two attached hydrogens (primary N) is 3. The molecule has 2 rings (SSSR count). The van der Waals surface area contributed by atoms with Crippen molar-refractivity contribution < 1.29 is 19.5 Å². The zero-order chi connectivity index (χ0) is 22.5. The fraction of sp³-hybridized carbons (Fsp3) is 0.591. The molecule has 8 nitrogen and oxygen atoms in total. The van der Waals surface area contributed by atoms with E-state index < -0.39 is 12.0 Å². The molecule has 1 aromatic carbocycles. The van der Waals surface area contributed by atoms with Gasteiger partial charge in [0.1, 0.15) is 6.04 Å². The summed E-state index contributed by atoms with van der Waals surface area (Å²) < 4.78 is 0. The van der Waals surface area contributed by atoms with Gasteiger partial charge in [0.05, 0.1) is 0 Å². The molecule has 0 heterocycles. The number of rotatable bonds is 9. The number of hydrogen-bond donors (Lipinski definition) is 5. The minimum Gasteiger partial charge on any atom is -0.480 e. The molecule has 0 saturated heterocycles. The van der Waals surface area contributed by atoms with Crippen molar-refractivity contribution in [2.24, 2.45) is 23.3 Å². The van der Waals surface area contributed by atoms with Crippen LogP contribution in [0.3, 0.4) is 0 Å². The molecule has 0 aliphatic heterocycles. The van der Waals surface area contributed by atoms with Gasteiger partial charge < -0.3 is 27.6 Å². The first-order valence-corrected chi connectivity index (χ1v) is 10.6. The molecule has 1 fully saturated rings. The molecule has 0 bridgehead atoms. The molecule has 0 radical (unpaired) electrons. The lowest BCUT2D eigenvalue weighted by Crippen LogP contribution is -2.44. The Balaban J connectivity index is 0.000000375. The van der Waals surface area contributed by atoms with Crippen molar-refractivity contribution in [1.29, 1.82) is 0 Å². The third-order valence-electron chi connectivity index (χ3n) is 5.43. The number of nitrogens with one attached hydrogen (secondary N) is 1. The highest BCUT2D eigenvalue weighted by atomic mass is 16.4. The van der Waals surface area contributed by atoms with Gasteiger partial charge in [0.15, 0.2) is 5.78 Å². The standard InChI is InChI=1S/C14H27N3O3.C8H9NO/c15-8-2-1-3-12(14(19)20)17-13(18)11-6-4-10(9-16)5-7-11;1-6(10)7-2-4-8(9)5-3-7/h10-12H,1-9,15-16H2,(H,17,18)(H,19,20);2-5H,9H2,1H3/t10?,11?,12-;/m0./s1. The Morgan fingerprint density at radius 3 is 2.13 bits per heavy atom. The van der Waals surface area contributed by atoms with E-state index in [2.05, 4.69) is 5.32 Å². The van der Waals surface area contributed by atoms with Crippen LogP contribution in [0.4, 0.5) is 5.69 Å². The van der Waals surface area contributed by atoms with Crippen molar-refractivity contribution in [2.45, 2.75) is 57.9 Å². The van der Waals surface area contributed by atoms with E-state index in [1.807, 2.05) is 0 Å². The van der Waals surface area contributed by atoms with E-state index in [1.165, 1.54) is 6.92 Å². The molecule has 0 spiro atoms. The zero-order valence-electron chi connectivity index (χ0n) is 17.8. The minimum absolute atomic E-state index is 0.0610. The second kappa shape index (κ2) is 13.7. The number of unbranched alkanes of at least 4 members (excludes halogenated alkanes) is 1. The van der Waals surface area contributed by atoms with Gasteiger partial charge >= 0.3 is 5.97 Å². The Morgan fingerprint density at radius 1 is 1.07 bits per heavy atom. The summed E-state index contributed by atoms with van der Waals surface area (Å²) in [6.45, 7) is 2.75. The number of carbonyl (C=O) groups excluding carboxylic acids is 2. The maximum atomic E-state index is 12.1. The number of ketones is 1. The molecule has 0 aromatic heterocycles. The van der Waals surface area contributed by atoms with E-state index >= 15 is 0 Å². The molecule has 1 aliphatic rings. The Bertz CT molecular complexity index is 670. The van der Waals surface area contributed by atoms with Gasteiger partial charge in [-0.25, -0.2) is 4.79 Å². The van der Waals surface area contributed by atoms with Crippen LogP contribution in [0.2, 0.25) is 0 Å². The van der Waals surface area contributed by atoms with Gasteiger partial charge in [0.25, 0.3) is 0 Å². The van der Waals surface area contributed by atoms with Crippen molar-refractivity contribution in [1.82, 2.24) is 5.32 Å². The number of aliphatic carboxylic acids is 1. The number of Topliss-reactive ketones (excluding diaryl/α,β-unsaturated/α-hetero) is 1. The lowest BCUT2D eigenvalue weighted by atomic mass is 9.81. The number of benzene rings is 1. The number of hydrogen-bond acceptors (Lipinski definition) is 6. The van der Waals surface area contributed by atoms with Gasteiger partial charge in [-0.05, 0) is 95.1 Å². The average molecular weight is 421 g/mol. The fourth-order valence-electron chi connectivity index (χ4n) is 3.42. The number of amides is 1. The summed E-state index contributed by atoms with van der Waals surface area (Å²) in [5.41, 5.74) is 17.8. The van der Waals surface area contributed by atoms with Crippen LogP contribution < -0.4 is 22.5 Å². The topological polar surface area (TPSA) is 162 Å². The molecule has 1 atom stereocenters. The quantitative estimate of drug-likeness (QED) is 0.231. The summed E-state index contributed by atoms with van der Waals surface area (Å²) in [7, 11) is 0. The second-order valence-corrected chi connectivity index (χ2v) is 7.82. The van der Waals surface area contributed by atoms with Crippen LogP contribution in [0.5, 0.6) is 0 Å². The highest BCUT2D eigenvalue weighted by Crippen LogP contribution is 2.28. The van der Waals surface area contributed by atoms with Crippen molar-refractivity contribution in [3.8, 4) is 0 Å². The van der Waals surface area contributed by atoms with Crippen molar-refractivity contribution in [3.05, 3.63) is 29.8 Å². The minimum atomic E-state index is -0.967. The molecule has 1 aromatic rings. The Kier molecular flexibility index (Phi) is 11.7. The Morgan fingerprint density at radius 2 is 1.67 bits per heavy atom. The van der Waals surface area contributed by atoms with E-state index in [4.69, 9.17) is 22.3 Å². The van der Waals surface area contributed by atoms with Crippen LogP contribution in [0.1, 0.15) is 62.2 Å². The number of carbonyl (C=O) groups is 3. The van der Waals surface area contributed by atoms with Crippen molar-refractivity contribution >= 4 is 23.3 Å². The summed E-state index contributed by atoms with van der Waals surface area (Å²) >= 11 is 0. The third-order valence-corrected chi connectivity index (χ3v) is 5.43. The molecular weight excluding hydrogens is 384 g/mol. The number of anilines is 1. The predicted molar refractivity (Wildman–Crippen MR) is 118 cm³/mol. The Labute approximate surface area is 178 Å². The monoisotopic (exact) mass is 420 g/mol. The number of carboxylic acid groups (broad SMARTS) is 1. The van der Waals surface area contributed by atoms with Gasteiger partial charge in [-0.3, -0.25) is 9.59 Å². The van der Waals surface area contributed by atoms with E-state index in [0.717, 1.165) is 32.1 Å². The SMILES string of the molecule is CC(=O)c1ccc(N)cc1.NCCCC[C@H](NC(=O)C1CCC(CN)CC1)C(=O)O. The summed E-state index contributed by atoms with van der Waals surface area (Å²) in [5.74, 6) is -0.570. The van der Waals surface area contributed by atoms with Crippen LogP contribution in [-0.4, -0.2) is 41.9 Å². The smallest absolute Gasteiger partial charge is 0.326 e. The lowest BCUT2D eigenvalue weighted by molar-refractivity contribution is -0.143. The van der Waals surface area contributed by atoms with Gasteiger partial charge in [-0.15, -0.1) is 0 Å². The fourth-order valence-corrected chi connectivity index (χ4v) is 3.42. The molecular formula is C22H36N4O4. The van der Waals surface area contributed by atoms with Crippen molar-refractivity contribution in [2.75, 3.05) is 18.8 Å². The summed E-state index contributed by atoms with van der Waals surface area (Å²) in [5, 5.41) is 11.8. The van der Waals surface area contributed by atoms with Crippen LogP contribution in [-0.2, 0) is 9.59 Å². The van der Waals surface area contributed by atoms with Gasteiger partial charge in [0, 0.05) is 17.2 Å². The third kappa shape index (κ3) is 9.37. The van der Waals surface area contributed by atoms with Gasteiger partial charge in [-0.2, -0.15) is 0 Å². The molecule has 8 N–H and O–H groups in total. The molecule has 30 heavy (non-hydrogen) atoms. The molecule has 168 valence electrons. The van der Waals surface area contributed by atoms with Crippen LogP contribution >= 0.6 is 0 Å². The van der Waals surface area contributed by atoms with Crippen molar-refractivity contribution in [3.63, 3.8) is 0 Å². The zero-order valence-corrected chi connectivity index (χ0v) is 17.8. The van der Waals surface area contributed by atoms with Gasteiger partial charge in [-0.1, -0.05) is 0 Å². The van der Waals surface area contributed by atoms with Crippen LogP contribution in [0, 0.1) is 11.8 Å². The highest BCUT2D eigenvalue weighted by Gasteiger charge is 2.28. The molecule has 1 saturated carbocycles. The van der Waals surface area contributed by atoms with Crippen LogP contribution in [0.25, 0.3) is 0 Å². The summed E-state index contributed by atoms with van der Waals surface area (Å²) in [6, 6.07) is 6.09. The molecule has 8 heteroatoms. The largest absolute Gasteiger partial charge is 0.480 e. The van der Waals surface area contributed by atoms with Crippen LogP contribution in [0.15, 0.2) is 24.3 Å². The number of carboxylic acids is 1.